The molecule has 0 amide bonds. The van der Waals surface area contributed by atoms with Crippen LogP contribution >= 0.6 is 0 Å². The number of carbonyl (C=O) groups is 3. The summed E-state index contributed by atoms with van der Waals surface area (Å²) in [5, 5.41) is 0. The number of carbonyl (C=O) groups excluding carboxylic acids is 3. The van der Waals surface area contributed by atoms with E-state index in [1.54, 1.807) is 87.5 Å². The third-order valence-electron chi connectivity index (χ3n) is 5.05. The summed E-state index contributed by atoms with van der Waals surface area (Å²) in [6, 6.07) is 18.5. The van der Waals surface area contributed by atoms with E-state index >= 15 is 0 Å². The van der Waals surface area contributed by atoms with Crippen molar-refractivity contribution in [2.45, 2.75) is 20.8 Å². The fourth-order valence-electron chi connectivity index (χ4n) is 2.86. The molecule has 0 aliphatic heterocycles. The molecular weight excluding hydrogens is 504 g/mol. The first-order chi connectivity index (χ1) is 19.0. The zero-order valence-corrected chi connectivity index (χ0v) is 22.4. The van der Waals surface area contributed by atoms with E-state index in [9.17, 15) is 14.4 Å². The number of ether oxygens (including phenoxy) is 3. The molecule has 3 aromatic carbocycles. The van der Waals surface area contributed by atoms with Crippen molar-refractivity contribution in [2.75, 3.05) is 0 Å². The van der Waals surface area contributed by atoms with Gasteiger partial charge >= 0.3 is 17.9 Å². The minimum absolute atomic E-state index is 0.237. The third-order valence-corrected chi connectivity index (χ3v) is 5.05. The first-order valence-corrected chi connectivity index (χ1v) is 12.0. The average molecular weight is 531 g/mol. The van der Waals surface area contributed by atoms with Crippen LogP contribution in [0.4, 0.5) is 0 Å². The Kier molecular flexibility index (Phi) is 9.62. The number of rotatable bonds is 6. The zero-order chi connectivity index (χ0) is 29.2. The van der Waals surface area contributed by atoms with Crippen LogP contribution in [-0.4, -0.2) is 17.9 Å². The van der Waals surface area contributed by atoms with E-state index in [0.717, 1.165) is 0 Å². The van der Waals surface area contributed by atoms with Gasteiger partial charge in [-0.15, -0.1) is 0 Å². The van der Waals surface area contributed by atoms with Gasteiger partial charge in [0.1, 0.15) is 17.2 Å². The van der Waals surface area contributed by atoms with Crippen LogP contribution in [0.25, 0.3) is 0 Å². The molecule has 0 saturated carbocycles. The number of benzene rings is 3. The lowest BCUT2D eigenvalue weighted by atomic mass is 10.1. The number of esters is 3. The fraction of sp³-hybridized carbons (Fsp3) is 0.0882. The molecule has 0 fully saturated rings. The zero-order valence-electron chi connectivity index (χ0n) is 22.4. The van der Waals surface area contributed by atoms with Gasteiger partial charge in [-0.25, -0.2) is 14.4 Å². The average Bonchev–Trinajstić information content (AvgIpc) is 2.92. The molecule has 0 aliphatic rings. The molecule has 3 aromatic rings. The standard InChI is InChI=1S/C34H26O6/c1-22(2)32(35)38-29-17-11-25(12-18-29)7-8-27-10-16-28(31(21-27)40-34(37)24(5)6)15-9-26-13-19-30(20-14-26)39-33(36)23(3)4/h10-14,16-21H,1,3,5H2,2,4,6H3. The molecule has 0 N–H and O–H groups in total. The summed E-state index contributed by atoms with van der Waals surface area (Å²) in [7, 11) is 0. The Hall–Kier alpha value is -5.59. The second kappa shape index (κ2) is 13.3. The van der Waals surface area contributed by atoms with Crippen molar-refractivity contribution in [2.24, 2.45) is 0 Å². The topological polar surface area (TPSA) is 78.9 Å². The highest BCUT2D eigenvalue weighted by molar-refractivity contribution is 5.90. The highest BCUT2D eigenvalue weighted by atomic mass is 16.5. The molecule has 0 saturated heterocycles. The van der Waals surface area contributed by atoms with Crippen LogP contribution in [0.5, 0.6) is 17.2 Å². The van der Waals surface area contributed by atoms with Gasteiger partial charge < -0.3 is 14.2 Å². The van der Waals surface area contributed by atoms with Crippen molar-refractivity contribution in [1.29, 1.82) is 0 Å². The van der Waals surface area contributed by atoms with Crippen molar-refractivity contribution in [3.8, 4) is 40.9 Å². The molecule has 3 rings (SSSR count). The van der Waals surface area contributed by atoms with E-state index < -0.39 is 17.9 Å². The lowest BCUT2D eigenvalue weighted by Crippen LogP contribution is -2.09. The summed E-state index contributed by atoms with van der Waals surface area (Å²) in [6.07, 6.45) is 0. The van der Waals surface area contributed by atoms with Crippen LogP contribution in [0.1, 0.15) is 43.0 Å². The van der Waals surface area contributed by atoms with Gasteiger partial charge in [0.2, 0.25) is 0 Å². The molecular formula is C34H26O6. The Balaban J connectivity index is 1.83. The molecule has 0 heterocycles. The van der Waals surface area contributed by atoms with Crippen molar-refractivity contribution < 1.29 is 28.6 Å². The van der Waals surface area contributed by atoms with Crippen LogP contribution in [0, 0.1) is 23.7 Å². The largest absolute Gasteiger partial charge is 0.423 e. The Morgan fingerprint density at radius 1 is 0.525 bits per heavy atom. The molecule has 0 unspecified atom stereocenters. The molecule has 40 heavy (non-hydrogen) atoms. The maximum atomic E-state index is 12.3. The van der Waals surface area contributed by atoms with E-state index in [-0.39, 0.29) is 11.3 Å². The predicted octanol–water partition coefficient (Wildman–Crippen LogP) is 5.93. The van der Waals surface area contributed by atoms with Gasteiger partial charge in [-0.2, -0.15) is 0 Å². The van der Waals surface area contributed by atoms with Crippen LogP contribution < -0.4 is 14.2 Å². The minimum Gasteiger partial charge on any atom is -0.423 e. The lowest BCUT2D eigenvalue weighted by Gasteiger charge is -2.07. The van der Waals surface area contributed by atoms with E-state index in [1.165, 1.54) is 0 Å². The molecule has 0 spiro atoms. The highest BCUT2D eigenvalue weighted by Gasteiger charge is 2.10. The van der Waals surface area contributed by atoms with E-state index in [1.807, 2.05) is 0 Å². The van der Waals surface area contributed by atoms with Crippen molar-refractivity contribution in [1.82, 2.24) is 0 Å². The van der Waals surface area contributed by atoms with Crippen molar-refractivity contribution >= 4 is 17.9 Å². The molecule has 0 aliphatic carbocycles. The molecule has 6 heteroatoms. The van der Waals surface area contributed by atoms with Gasteiger partial charge in [0.25, 0.3) is 0 Å². The predicted molar refractivity (Wildman–Crippen MR) is 153 cm³/mol. The Bertz CT molecular complexity index is 1630. The second-order valence-corrected chi connectivity index (χ2v) is 8.77. The molecule has 0 aromatic heterocycles. The number of hydrogen-bond donors (Lipinski definition) is 0. The first-order valence-electron chi connectivity index (χ1n) is 12.0. The normalized spacial score (nSPS) is 9.57. The van der Waals surface area contributed by atoms with Crippen LogP contribution in [0.2, 0.25) is 0 Å². The van der Waals surface area contributed by atoms with Gasteiger partial charge in [0.05, 0.1) is 5.56 Å². The first kappa shape index (κ1) is 29.0. The van der Waals surface area contributed by atoms with Crippen LogP contribution in [-0.2, 0) is 14.4 Å². The SMILES string of the molecule is C=C(C)C(=O)Oc1ccc(C#Cc2ccc(C#Cc3ccc(OC(=O)C(=C)C)cc3)c(OC(=O)C(=C)C)c2)cc1. The van der Waals surface area contributed by atoms with Gasteiger partial charge in [-0.1, -0.05) is 43.4 Å². The molecule has 0 radical (unpaired) electrons. The third kappa shape index (κ3) is 8.48. The highest BCUT2D eigenvalue weighted by Crippen LogP contribution is 2.22. The monoisotopic (exact) mass is 530 g/mol. The minimum atomic E-state index is -0.586. The summed E-state index contributed by atoms with van der Waals surface area (Å²) in [6.45, 7) is 15.4. The quantitative estimate of drug-likeness (QED) is 0.170. The van der Waals surface area contributed by atoms with Gasteiger partial charge in [0.15, 0.2) is 0 Å². The smallest absolute Gasteiger partial charge is 0.338 e. The second-order valence-electron chi connectivity index (χ2n) is 8.77. The maximum absolute atomic E-state index is 12.3. The van der Waals surface area contributed by atoms with Crippen LogP contribution in [0.15, 0.2) is 103 Å². The molecule has 6 nitrogen and oxygen atoms in total. The van der Waals surface area contributed by atoms with E-state index in [4.69, 9.17) is 14.2 Å². The summed E-state index contributed by atoms with van der Waals surface area (Å²) in [4.78, 5) is 35.6. The van der Waals surface area contributed by atoms with E-state index in [0.29, 0.717) is 44.9 Å². The molecule has 198 valence electrons. The fourth-order valence-corrected chi connectivity index (χ4v) is 2.86. The summed E-state index contributed by atoms with van der Waals surface area (Å²) >= 11 is 0. The van der Waals surface area contributed by atoms with E-state index in [2.05, 4.69) is 43.4 Å². The molecule has 0 atom stereocenters. The molecule has 0 bridgehead atoms. The Morgan fingerprint density at radius 2 is 0.900 bits per heavy atom. The number of hydrogen-bond acceptors (Lipinski definition) is 6. The Morgan fingerprint density at radius 3 is 1.35 bits per heavy atom. The summed E-state index contributed by atoms with van der Waals surface area (Å²) in [5.41, 5.74) is 3.26. The van der Waals surface area contributed by atoms with Gasteiger partial charge in [-0.3, -0.25) is 0 Å². The van der Waals surface area contributed by atoms with Crippen LogP contribution in [0.3, 0.4) is 0 Å². The summed E-state index contributed by atoms with van der Waals surface area (Å²) in [5.74, 6) is 11.5. The Labute approximate surface area is 233 Å². The summed E-state index contributed by atoms with van der Waals surface area (Å²) < 4.78 is 15.9. The maximum Gasteiger partial charge on any atom is 0.338 e. The van der Waals surface area contributed by atoms with Gasteiger partial charge in [0, 0.05) is 33.4 Å². The van der Waals surface area contributed by atoms with Crippen molar-refractivity contribution in [3.63, 3.8) is 0 Å². The van der Waals surface area contributed by atoms with Gasteiger partial charge in [-0.05, 0) is 87.5 Å². The van der Waals surface area contributed by atoms with Crippen molar-refractivity contribution in [3.05, 3.63) is 125 Å². The lowest BCUT2D eigenvalue weighted by molar-refractivity contribution is -0.130.